The molecule has 0 aromatic heterocycles. The van der Waals surface area contributed by atoms with Crippen molar-refractivity contribution in [2.24, 2.45) is 0 Å². The fourth-order valence-corrected chi connectivity index (χ4v) is 5.40. The summed E-state index contributed by atoms with van der Waals surface area (Å²) in [6.45, 7) is 0.605. The van der Waals surface area contributed by atoms with Gasteiger partial charge in [0.05, 0.1) is 17.7 Å². The number of benzene rings is 2. The number of nitrogens with zero attached hydrogens (tertiary/aromatic N) is 3. The zero-order valence-electron chi connectivity index (χ0n) is 16.6. The molecule has 4 rings (SSSR count). The van der Waals surface area contributed by atoms with Crippen molar-refractivity contribution in [1.29, 1.82) is 0 Å². The fraction of sp³-hybridized carbons (Fsp3) is 0.333. The second-order valence-corrected chi connectivity index (χ2v) is 9.22. The molecule has 9 heteroatoms. The normalized spacial score (nSPS) is 18.8. The number of carbonyl (C=O) groups is 2. The second-order valence-electron chi connectivity index (χ2n) is 7.29. The summed E-state index contributed by atoms with van der Waals surface area (Å²) in [5, 5.41) is 0. The zero-order valence-corrected chi connectivity index (χ0v) is 17.4. The van der Waals surface area contributed by atoms with E-state index < -0.39 is 10.0 Å². The smallest absolute Gasteiger partial charge is 0.332 e. The number of rotatable bonds is 5. The molecule has 30 heavy (non-hydrogen) atoms. The number of sulfonamides is 1. The van der Waals surface area contributed by atoms with Crippen molar-refractivity contribution in [1.82, 2.24) is 9.21 Å². The third-order valence-electron chi connectivity index (χ3n) is 5.57. The van der Waals surface area contributed by atoms with Crippen molar-refractivity contribution in [3.63, 3.8) is 0 Å². The number of methoxy groups -OCH3 is 1. The van der Waals surface area contributed by atoms with Crippen molar-refractivity contribution in [2.75, 3.05) is 31.6 Å². The molecule has 0 atom stereocenters. The molecular formula is C21H23N3O5S. The lowest BCUT2D eigenvalue weighted by Gasteiger charge is -2.35. The summed E-state index contributed by atoms with van der Waals surface area (Å²) < 4.78 is 32.3. The molecule has 8 nitrogen and oxygen atoms in total. The molecular weight excluding hydrogens is 406 g/mol. The van der Waals surface area contributed by atoms with Crippen LogP contribution in [0.2, 0.25) is 0 Å². The molecule has 2 heterocycles. The van der Waals surface area contributed by atoms with Gasteiger partial charge < -0.3 is 9.64 Å². The summed E-state index contributed by atoms with van der Waals surface area (Å²) >= 11 is 0. The molecule has 0 aliphatic carbocycles. The lowest BCUT2D eigenvalue weighted by atomic mass is 10.1. The Morgan fingerprint density at radius 1 is 0.933 bits per heavy atom. The van der Waals surface area contributed by atoms with Crippen molar-refractivity contribution >= 4 is 27.6 Å². The van der Waals surface area contributed by atoms with Crippen LogP contribution in [0.25, 0.3) is 0 Å². The van der Waals surface area contributed by atoms with Gasteiger partial charge in [-0.05, 0) is 49.2 Å². The highest BCUT2D eigenvalue weighted by atomic mass is 32.2. The number of ether oxygens (including phenoxy) is 1. The molecule has 0 saturated carbocycles. The van der Waals surface area contributed by atoms with Gasteiger partial charge in [0, 0.05) is 19.1 Å². The summed E-state index contributed by atoms with van der Waals surface area (Å²) in [7, 11) is -2.09. The Bertz CT molecular complexity index is 1030. The number of hydrogen-bond donors (Lipinski definition) is 0. The van der Waals surface area contributed by atoms with E-state index in [4.69, 9.17) is 4.74 Å². The van der Waals surface area contributed by atoms with E-state index in [-0.39, 0.29) is 29.4 Å². The van der Waals surface area contributed by atoms with Crippen LogP contribution in [0.5, 0.6) is 5.75 Å². The van der Waals surface area contributed by atoms with Gasteiger partial charge in [0.25, 0.3) is 5.91 Å². The summed E-state index contributed by atoms with van der Waals surface area (Å²) in [6.07, 6.45) is 0.966. The first-order chi connectivity index (χ1) is 14.4. The van der Waals surface area contributed by atoms with E-state index in [1.807, 2.05) is 6.07 Å². The number of para-hydroxylation sites is 1. The molecule has 2 fully saturated rings. The van der Waals surface area contributed by atoms with Crippen molar-refractivity contribution in [3.8, 4) is 5.75 Å². The Morgan fingerprint density at radius 2 is 1.57 bits per heavy atom. The van der Waals surface area contributed by atoms with Gasteiger partial charge in [-0.3, -0.25) is 4.79 Å². The van der Waals surface area contributed by atoms with Gasteiger partial charge in [0.2, 0.25) is 10.0 Å². The predicted molar refractivity (Wildman–Crippen MR) is 111 cm³/mol. The van der Waals surface area contributed by atoms with Crippen LogP contribution < -0.4 is 9.64 Å². The van der Waals surface area contributed by atoms with Crippen LogP contribution in [0.1, 0.15) is 12.8 Å². The molecule has 2 aliphatic heterocycles. The maximum atomic E-state index is 12.9. The van der Waals surface area contributed by atoms with Gasteiger partial charge in [-0.2, -0.15) is 4.31 Å². The van der Waals surface area contributed by atoms with E-state index in [2.05, 4.69) is 0 Å². The Hall–Kier alpha value is -2.91. The average Bonchev–Trinajstić information content (AvgIpc) is 3.08. The molecule has 0 radical (unpaired) electrons. The predicted octanol–water partition coefficient (Wildman–Crippen LogP) is 2.32. The minimum atomic E-state index is -3.62. The van der Waals surface area contributed by atoms with Crippen LogP contribution in [-0.2, 0) is 14.8 Å². The number of amides is 3. The van der Waals surface area contributed by atoms with Gasteiger partial charge in [0.1, 0.15) is 12.3 Å². The molecule has 2 aromatic carbocycles. The Balaban J connectivity index is 1.43. The summed E-state index contributed by atoms with van der Waals surface area (Å²) in [6, 6.07) is 14.6. The summed E-state index contributed by atoms with van der Waals surface area (Å²) in [5.41, 5.74) is 0.550. The maximum Gasteiger partial charge on any atom is 0.332 e. The molecule has 2 aliphatic rings. The fourth-order valence-electron chi connectivity index (χ4n) is 3.93. The molecule has 158 valence electrons. The van der Waals surface area contributed by atoms with Crippen LogP contribution in [-0.4, -0.2) is 62.3 Å². The van der Waals surface area contributed by atoms with Crippen molar-refractivity contribution < 1.29 is 22.7 Å². The maximum absolute atomic E-state index is 12.9. The molecule has 0 bridgehead atoms. The Kier molecular flexibility index (Phi) is 5.48. The number of hydrogen-bond acceptors (Lipinski definition) is 5. The van der Waals surface area contributed by atoms with Crippen LogP contribution in [0.15, 0.2) is 59.5 Å². The Labute approximate surface area is 175 Å². The summed E-state index contributed by atoms with van der Waals surface area (Å²) in [4.78, 5) is 28.3. The van der Waals surface area contributed by atoms with Crippen LogP contribution in [0.3, 0.4) is 0 Å². The summed E-state index contributed by atoms with van der Waals surface area (Å²) in [5.74, 6) is 0.326. The molecule has 0 unspecified atom stereocenters. The topological polar surface area (TPSA) is 87.2 Å². The standard InChI is InChI=1S/C21H23N3O5S/c1-29-18-7-9-19(10-8-18)30(27,28)22-13-11-16(12-14-22)23-15-20(25)24(21(23)26)17-5-3-2-4-6-17/h2-10,16H,11-15H2,1H3. The molecule has 0 spiro atoms. The van der Waals surface area contributed by atoms with Crippen LogP contribution in [0, 0.1) is 0 Å². The number of imide groups is 1. The first-order valence-electron chi connectivity index (χ1n) is 9.74. The van der Waals surface area contributed by atoms with E-state index >= 15 is 0 Å². The number of carbonyl (C=O) groups excluding carboxylic acids is 2. The first-order valence-corrected chi connectivity index (χ1v) is 11.2. The van der Waals surface area contributed by atoms with E-state index in [1.54, 1.807) is 41.3 Å². The highest BCUT2D eigenvalue weighted by Crippen LogP contribution is 2.28. The lowest BCUT2D eigenvalue weighted by Crippen LogP contribution is -2.48. The molecule has 3 amide bonds. The quantitative estimate of drug-likeness (QED) is 0.681. The van der Waals surface area contributed by atoms with Crippen LogP contribution in [0.4, 0.5) is 10.5 Å². The number of urea groups is 1. The highest BCUT2D eigenvalue weighted by molar-refractivity contribution is 7.89. The zero-order chi connectivity index (χ0) is 21.3. The SMILES string of the molecule is COc1ccc(S(=O)(=O)N2CCC(N3CC(=O)N(c4ccccc4)C3=O)CC2)cc1. The van der Waals surface area contributed by atoms with Gasteiger partial charge in [-0.25, -0.2) is 18.1 Å². The van der Waals surface area contributed by atoms with Gasteiger partial charge in [-0.15, -0.1) is 0 Å². The van der Waals surface area contributed by atoms with Gasteiger partial charge in [0.15, 0.2) is 0 Å². The molecule has 2 aromatic rings. The van der Waals surface area contributed by atoms with Crippen LogP contribution >= 0.6 is 0 Å². The molecule has 0 N–H and O–H groups in total. The third-order valence-corrected chi connectivity index (χ3v) is 7.48. The first kappa shape index (κ1) is 20.4. The number of anilines is 1. The highest BCUT2D eigenvalue weighted by Gasteiger charge is 2.42. The van der Waals surface area contributed by atoms with Crippen molar-refractivity contribution in [3.05, 3.63) is 54.6 Å². The Morgan fingerprint density at radius 3 is 2.17 bits per heavy atom. The number of piperidine rings is 1. The minimum Gasteiger partial charge on any atom is -0.497 e. The van der Waals surface area contributed by atoms with E-state index in [0.717, 1.165) is 0 Å². The monoisotopic (exact) mass is 429 g/mol. The van der Waals surface area contributed by atoms with E-state index in [1.165, 1.54) is 28.4 Å². The van der Waals surface area contributed by atoms with E-state index in [0.29, 0.717) is 37.4 Å². The second kappa shape index (κ2) is 8.08. The average molecular weight is 429 g/mol. The van der Waals surface area contributed by atoms with Gasteiger partial charge in [-0.1, -0.05) is 18.2 Å². The van der Waals surface area contributed by atoms with Gasteiger partial charge >= 0.3 is 6.03 Å². The minimum absolute atomic E-state index is 0.0175. The largest absolute Gasteiger partial charge is 0.497 e. The van der Waals surface area contributed by atoms with E-state index in [9.17, 15) is 18.0 Å². The third kappa shape index (κ3) is 3.66. The molecule has 2 saturated heterocycles. The van der Waals surface area contributed by atoms with Crippen molar-refractivity contribution in [2.45, 2.75) is 23.8 Å². The lowest BCUT2D eigenvalue weighted by molar-refractivity contribution is -0.116.